The summed E-state index contributed by atoms with van der Waals surface area (Å²) < 4.78 is 5.63. The van der Waals surface area contributed by atoms with Gasteiger partial charge in [-0.25, -0.2) is 0 Å². The summed E-state index contributed by atoms with van der Waals surface area (Å²) in [5, 5.41) is 10.5. The average molecular weight is 263 g/mol. The summed E-state index contributed by atoms with van der Waals surface area (Å²) in [5.74, 6) is 0.989. The molecule has 2 rings (SSSR count). The highest BCUT2D eigenvalue weighted by Crippen LogP contribution is 2.33. The molecule has 18 heavy (non-hydrogen) atoms. The van der Waals surface area contributed by atoms with Crippen LogP contribution < -0.4 is 4.74 Å². The summed E-state index contributed by atoms with van der Waals surface area (Å²) >= 11 is 5.95. The standard InChI is InChI=1S/C15H15ClO2/c1-10(2)18-13-5-3-4-11(8-13)14-9-12(16)6-7-15(14)17/h3-10,17H,1-2H3. The molecule has 3 heteroatoms. The van der Waals surface area contributed by atoms with Gasteiger partial charge in [0.1, 0.15) is 11.5 Å². The highest BCUT2D eigenvalue weighted by atomic mass is 35.5. The lowest BCUT2D eigenvalue weighted by molar-refractivity contribution is 0.242. The molecule has 2 aromatic carbocycles. The van der Waals surface area contributed by atoms with Crippen molar-refractivity contribution in [1.29, 1.82) is 0 Å². The second kappa shape index (κ2) is 5.32. The first-order valence-electron chi connectivity index (χ1n) is 5.82. The van der Waals surface area contributed by atoms with Gasteiger partial charge in [-0.15, -0.1) is 0 Å². The Morgan fingerprint density at radius 2 is 1.89 bits per heavy atom. The van der Waals surface area contributed by atoms with Crippen molar-refractivity contribution in [3.05, 3.63) is 47.5 Å². The van der Waals surface area contributed by atoms with E-state index in [0.29, 0.717) is 10.6 Å². The van der Waals surface area contributed by atoms with Crippen LogP contribution in [0.15, 0.2) is 42.5 Å². The minimum atomic E-state index is 0.119. The molecule has 0 spiro atoms. The topological polar surface area (TPSA) is 29.5 Å². The fourth-order valence-corrected chi connectivity index (χ4v) is 1.92. The Bertz CT molecular complexity index is 550. The molecule has 0 aliphatic carbocycles. The predicted molar refractivity (Wildman–Crippen MR) is 74.3 cm³/mol. The molecule has 1 N–H and O–H groups in total. The zero-order chi connectivity index (χ0) is 13.1. The van der Waals surface area contributed by atoms with Crippen LogP contribution in [0.3, 0.4) is 0 Å². The van der Waals surface area contributed by atoms with E-state index >= 15 is 0 Å². The fourth-order valence-electron chi connectivity index (χ4n) is 1.75. The molecule has 0 aliphatic rings. The smallest absolute Gasteiger partial charge is 0.123 e. The Kier molecular flexibility index (Phi) is 3.78. The van der Waals surface area contributed by atoms with Crippen LogP contribution in [0.4, 0.5) is 0 Å². The summed E-state index contributed by atoms with van der Waals surface area (Å²) in [6.07, 6.45) is 0.119. The number of halogens is 1. The molecule has 0 heterocycles. The third kappa shape index (κ3) is 2.96. The van der Waals surface area contributed by atoms with Crippen molar-refractivity contribution in [2.75, 3.05) is 0 Å². The van der Waals surface area contributed by atoms with Gasteiger partial charge in [-0.2, -0.15) is 0 Å². The summed E-state index contributed by atoms with van der Waals surface area (Å²) in [5.41, 5.74) is 1.59. The van der Waals surface area contributed by atoms with Gasteiger partial charge < -0.3 is 9.84 Å². The van der Waals surface area contributed by atoms with Crippen LogP contribution in [0, 0.1) is 0 Å². The highest BCUT2D eigenvalue weighted by molar-refractivity contribution is 6.31. The average Bonchev–Trinajstić information content (AvgIpc) is 2.32. The molecule has 0 unspecified atom stereocenters. The van der Waals surface area contributed by atoms with Crippen LogP contribution in [-0.2, 0) is 0 Å². The number of hydrogen-bond acceptors (Lipinski definition) is 2. The van der Waals surface area contributed by atoms with Crippen LogP contribution in [0.1, 0.15) is 13.8 Å². The van der Waals surface area contributed by atoms with Gasteiger partial charge >= 0.3 is 0 Å². The molecule has 94 valence electrons. The first-order chi connectivity index (χ1) is 8.56. The second-order valence-electron chi connectivity index (χ2n) is 4.36. The Balaban J connectivity index is 2.41. The van der Waals surface area contributed by atoms with Crippen LogP contribution in [-0.4, -0.2) is 11.2 Å². The van der Waals surface area contributed by atoms with Crippen molar-refractivity contribution in [3.8, 4) is 22.6 Å². The highest BCUT2D eigenvalue weighted by Gasteiger charge is 2.07. The Morgan fingerprint density at radius 3 is 2.61 bits per heavy atom. The Hall–Kier alpha value is -1.67. The largest absolute Gasteiger partial charge is 0.507 e. The molecule has 2 nitrogen and oxygen atoms in total. The molecule has 0 amide bonds. The van der Waals surface area contributed by atoms with Crippen molar-refractivity contribution in [2.24, 2.45) is 0 Å². The number of aromatic hydroxyl groups is 1. The number of benzene rings is 2. The van der Waals surface area contributed by atoms with E-state index in [4.69, 9.17) is 16.3 Å². The lowest BCUT2D eigenvalue weighted by Gasteiger charge is -2.11. The van der Waals surface area contributed by atoms with E-state index in [2.05, 4.69) is 0 Å². The first kappa shape index (κ1) is 12.8. The van der Waals surface area contributed by atoms with E-state index in [1.54, 1.807) is 18.2 Å². The predicted octanol–water partition coefficient (Wildman–Crippen LogP) is 4.50. The summed E-state index contributed by atoms with van der Waals surface area (Å²) in [4.78, 5) is 0. The third-order valence-electron chi connectivity index (χ3n) is 2.48. The molecule has 0 fully saturated rings. The van der Waals surface area contributed by atoms with Gasteiger partial charge in [-0.05, 0) is 49.7 Å². The zero-order valence-electron chi connectivity index (χ0n) is 10.4. The van der Waals surface area contributed by atoms with Gasteiger partial charge in [-0.3, -0.25) is 0 Å². The van der Waals surface area contributed by atoms with Crippen molar-refractivity contribution < 1.29 is 9.84 Å². The fraction of sp³-hybridized carbons (Fsp3) is 0.200. The maximum absolute atomic E-state index is 9.86. The van der Waals surface area contributed by atoms with E-state index in [1.807, 2.05) is 38.1 Å². The second-order valence-corrected chi connectivity index (χ2v) is 4.79. The van der Waals surface area contributed by atoms with Gasteiger partial charge in [-0.1, -0.05) is 23.7 Å². The van der Waals surface area contributed by atoms with Crippen LogP contribution in [0.25, 0.3) is 11.1 Å². The lowest BCUT2D eigenvalue weighted by atomic mass is 10.0. The number of phenolic OH excluding ortho intramolecular Hbond substituents is 1. The normalized spacial score (nSPS) is 10.7. The van der Waals surface area contributed by atoms with Crippen molar-refractivity contribution in [1.82, 2.24) is 0 Å². The Morgan fingerprint density at radius 1 is 1.11 bits per heavy atom. The third-order valence-corrected chi connectivity index (χ3v) is 2.71. The van der Waals surface area contributed by atoms with Crippen LogP contribution in [0.5, 0.6) is 11.5 Å². The minimum Gasteiger partial charge on any atom is -0.507 e. The molecule has 0 atom stereocenters. The Labute approximate surface area is 112 Å². The number of rotatable bonds is 3. The van der Waals surface area contributed by atoms with Gasteiger partial charge in [0.15, 0.2) is 0 Å². The molecule has 0 bridgehead atoms. The number of phenols is 1. The first-order valence-corrected chi connectivity index (χ1v) is 6.19. The zero-order valence-corrected chi connectivity index (χ0v) is 11.1. The van der Waals surface area contributed by atoms with Crippen molar-refractivity contribution >= 4 is 11.6 Å². The van der Waals surface area contributed by atoms with Gasteiger partial charge in [0.05, 0.1) is 6.10 Å². The summed E-state index contributed by atoms with van der Waals surface area (Å²) in [6.45, 7) is 3.95. The van der Waals surface area contributed by atoms with E-state index in [1.165, 1.54) is 0 Å². The quantitative estimate of drug-likeness (QED) is 0.882. The minimum absolute atomic E-state index is 0.119. The number of hydrogen-bond donors (Lipinski definition) is 1. The van der Waals surface area contributed by atoms with Crippen molar-refractivity contribution in [3.63, 3.8) is 0 Å². The van der Waals surface area contributed by atoms with Crippen molar-refractivity contribution in [2.45, 2.75) is 20.0 Å². The molecule has 0 aromatic heterocycles. The van der Waals surface area contributed by atoms with Crippen LogP contribution >= 0.6 is 11.6 Å². The van der Waals surface area contributed by atoms with Crippen LogP contribution in [0.2, 0.25) is 5.02 Å². The van der Waals surface area contributed by atoms with E-state index < -0.39 is 0 Å². The molecule has 0 saturated carbocycles. The summed E-state index contributed by atoms with van der Waals surface area (Å²) in [7, 11) is 0. The molecular formula is C15H15ClO2. The van der Waals surface area contributed by atoms with E-state index in [-0.39, 0.29) is 11.9 Å². The molecule has 2 aromatic rings. The molecule has 0 aliphatic heterocycles. The maximum Gasteiger partial charge on any atom is 0.123 e. The summed E-state index contributed by atoms with van der Waals surface area (Å²) in [6, 6.07) is 12.6. The number of ether oxygens (including phenoxy) is 1. The SMILES string of the molecule is CC(C)Oc1cccc(-c2cc(Cl)ccc2O)c1. The molecule has 0 saturated heterocycles. The monoisotopic (exact) mass is 262 g/mol. The lowest BCUT2D eigenvalue weighted by Crippen LogP contribution is -2.05. The van der Waals surface area contributed by atoms with E-state index in [9.17, 15) is 5.11 Å². The molecular weight excluding hydrogens is 248 g/mol. The van der Waals surface area contributed by atoms with E-state index in [0.717, 1.165) is 11.3 Å². The van der Waals surface area contributed by atoms with Gasteiger partial charge in [0.2, 0.25) is 0 Å². The van der Waals surface area contributed by atoms with Gasteiger partial charge in [0.25, 0.3) is 0 Å². The van der Waals surface area contributed by atoms with Gasteiger partial charge in [0, 0.05) is 10.6 Å². The maximum atomic E-state index is 9.86. The molecule has 0 radical (unpaired) electrons.